The van der Waals surface area contributed by atoms with Crippen LogP contribution in [0.2, 0.25) is 0 Å². The zero-order valence-electron chi connectivity index (χ0n) is 49.8. The summed E-state index contributed by atoms with van der Waals surface area (Å²) in [6.45, 7) is 15.2. The van der Waals surface area contributed by atoms with Gasteiger partial charge < -0.3 is 34.9 Å². The Kier molecular flexibility index (Phi) is 25.8. The summed E-state index contributed by atoms with van der Waals surface area (Å²) in [7, 11) is 6.54. The molecule has 3 aliphatic heterocycles. The molecule has 2 saturated heterocycles. The number of hydrogen-bond acceptors (Lipinski definition) is 13. The van der Waals surface area contributed by atoms with Crippen molar-refractivity contribution >= 4 is 64.1 Å². The van der Waals surface area contributed by atoms with Crippen molar-refractivity contribution in [3.05, 3.63) is 48.2 Å². The molecule has 5 rings (SSSR count). The number of likely N-dealkylation sites (N-methyl/N-ethyl adjacent to an activating group) is 2. The van der Waals surface area contributed by atoms with Crippen molar-refractivity contribution in [3.63, 3.8) is 0 Å². The van der Waals surface area contributed by atoms with Crippen molar-refractivity contribution in [1.29, 1.82) is 0 Å². The quantitative estimate of drug-likeness (QED) is 0.0404. The topological polar surface area (TPSA) is 261 Å². The molecule has 81 heavy (non-hydrogen) atoms. The number of carbonyl (C=O) groups is 9. The number of nitrogens with one attached hydrogen (secondary N) is 5. The molecule has 450 valence electrons. The molecular weight excluding hydrogens is 1040 g/mol. The predicted octanol–water partition coefficient (Wildman–Crippen LogP) is 4.18. The number of aromatic nitrogens is 1. The fraction of sp³-hybridized carbons (Fsp3) is 0.678. The first-order chi connectivity index (χ1) is 38.6. The highest BCUT2D eigenvalue weighted by atomic mass is 16.7. The highest BCUT2D eigenvalue weighted by Gasteiger charge is 2.44. The van der Waals surface area contributed by atoms with Gasteiger partial charge in [0.05, 0.1) is 49.3 Å². The number of aromatic amines is 1. The maximum Gasteiger partial charge on any atom is 0.269 e. The van der Waals surface area contributed by atoms with E-state index in [2.05, 4.69) is 26.5 Å². The van der Waals surface area contributed by atoms with Gasteiger partial charge in [-0.1, -0.05) is 79.5 Å². The molecule has 22 nitrogen and oxygen atoms in total. The Morgan fingerprint density at radius 2 is 1.48 bits per heavy atom. The number of likely N-dealkylation sites (tertiary alicyclic amines) is 1. The predicted molar refractivity (Wildman–Crippen MR) is 305 cm³/mol. The lowest BCUT2D eigenvalue weighted by Crippen LogP contribution is -2.60. The number of amides is 9. The second kappa shape index (κ2) is 31.8. The maximum atomic E-state index is 14.8. The Hall–Kier alpha value is -6.23. The van der Waals surface area contributed by atoms with Gasteiger partial charge in [-0.3, -0.25) is 68.6 Å². The van der Waals surface area contributed by atoms with Crippen molar-refractivity contribution in [2.75, 3.05) is 61.1 Å². The third-order valence-corrected chi connectivity index (χ3v) is 16.3. The summed E-state index contributed by atoms with van der Waals surface area (Å²) in [6.07, 6.45) is 8.90. The van der Waals surface area contributed by atoms with Crippen molar-refractivity contribution in [3.8, 4) is 0 Å². The van der Waals surface area contributed by atoms with Gasteiger partial charge in [-0.05, 0) is 87.9 Å². The maximum absolute atomic E-state index is 14.8. The minimum Gasteiger partial charge on any atom is -0.379 e. The normalized spacial score (nSPS) is 18.6. The van der Waals surface area contributed by atoms with E-state index in [1.165, 1.54) is 31.4 Å². The standard InChI is InChI=1S/C59H92N10O12/c1-12-39(6)54(66(9)59(78)52(37(2)3)62-57(76)53(38(4)5)65(8)29-21-26-48(71)64-63-47(70)25-14-13-17-30-68-49(72)27-28-50(68)73)46(79-10)35-51(74)67-31-20-24-45(67)55(80-11)40(7)56(75)61-44(58(77)69-32-18-19-33-81-69)34-41-36-60-43-23-16-15-22-42(41)43/h15-16,22-23,27-28,36-40,44-46,52-55,60H,12-14,17-21,24-26,29-35H2,1-11H3,(H,61,75)(H,62,76)(H,63,70)(H,64,71). The minimum atomic E-state index is -0.928. The molecular formula is C59H92N10O12. The van der Waals surface area contributed by atoms with E-state index in [0.717, 1.165) is 34.2 Å². The number of rotatable bonds is 31. The molecule has 1 aromatic carbocycles. The number of ether oxygens (including phenoxy) is 2. The number of fused-ring (bicyclic) bond motifs is 1. The largest absolute Gasteiger partial charge is 0.379 e. The van der Waals surface area contributed by atoms with Crippen LogP contribution in [0.5, 0.6) is 0 Å². The first-order valence-corrected chi connectivity index (χ1v) is 29.2. The molecule has 1 aromatic heterocycles. The van der Waals surface area contributed by atoms with Gasteiger partial charge in [0.2, 0.25) is 35.4 Å². The Bertz CT molecular complexity index is 2480. The number of hydrazine groups is 1. The van der Waals surface area contributed by atoms with Gasteiger partial charge in [-0.25, -0.2) is 5.06 Å². The summed E-state index contributed by atoms with van der Waals surface area (Å²) < 4.78 is 12.2. The zero-order chi connectivity index (χ0) is 59.5. The van der Waals surface area contributed by atoms with Gasteiger partial charge in [0, 0.05) is 89.4 Å². The Labute approximate surface area is 478 Å². The van der Waals surface area contributed by atoms with Crippen molar-refractivity contribution < 1.29 is 57.5 Å². The number of nitrogens with zero attached hydrogens (tertiary/aromatic N) is 5. The number of H-pyrrole nitrogens is 1. The number of hydrogen-bond donors (Lipinski definition) is 5. The van der Waals surface area contributed by atoms with Gasteiger partial charge in [-0.2, -0.15) is 0 Å². The van der Waals surface area contributed by atoms with Crippen molar-refractivity contribution in [2.45, 2.75) is 174 Å². The lowest BCUT2D eigenvalue weighted by atomic mass is 9.89. The summed E-state index contributed by atoms with van der Waals surface area (Å²) in [5, 5.41) is 8.41. The van der Waals surface area contributed by atoms with E-state index in [4.69, 9.17) is 14.3 Å². The third kappa shape index (κ3) is 17.9. The van der Waals surface area contributed by atoms with Gasteiger partial charge in [0.1, 0.15) is 12.1 Å². The smallest absolute Gasteiger partial charge is 0.269 e. The van der Waals surface area contributed by atoms with E-state index in [0.29, 0.717) is 71.2 Å². The highest BCUT2D eigenvalue weighted by Crippen LogP contribution is 2.30. The fourth-order valence-corrected chi connectivity index (χ4v) is 11.5. The highest BCUT2D eigenvalue weighted by molar-refractivity contribution is 6.12. The summed E-state index contributed by atoms with van der Waals surface area (Å²) in [6, 6.07) is 4.25. The first kappa shape index (κ1) is 65.6. The average Bonchev–Trinajstić information content (AvgIpc) is 4.20. The molecule has 9 unspecified atom stereocenters. The van der Waals surface area contributed by atoms with Crippen LogP contribution in [-0.4, -0.2) is 186 Å². The molecule has 2 fully saturated rings. The molecule has 2 aromatic rings. The second-order valence-electron chi connectivity index (χ2n) is 22.8. The number of carbonyl (C=O) groups excluding carboxylic acids is 9. The number of unbranched alkanes of at least 4 members (excludes halogenated alkanes) is 2. The van der Waals surface area contributed by atoms with Crippen LogP contribution >= 0.6 is 0 Å². The summed E-state index contributed by atoms with van der Waals surface area (Å²) in [5.41, 5.74) is 6.67. The number of imide groups is 1. The second-order valence-corrected chi connectivity index (χ2v) is 22.8. The molecule has 0 bridgehead atoms. The average molecular weight is 1130 g/mol. The lowest BCUT2D eigenvalue weighted by Gasteiger charge is -2.41. The molecule has 4 heterocycles. The van der Waals surface area contributed by atoms with Crippen LogP contribution in [0.3, 0.4) is 0 Å². The Morgan fingerprint density at radius 3 is 2.10 bits per heavy atom. The number of hydroxylamine groups is 2. The summed E-state index contributed by atoms with van der Waals surface area (Å²) >= 11 is 0. The van der Waals surface area contributed by atoms with E-state index in [9.17, 15) is 43.2 Å². The molecule has 0 saturated carbocycles. The third-order valence-electron chi connectivity index (χ3n) is 16.3. The number of methoxy groups -OCH3 is 2. The van der Waals surface area contributed by atoms with Gasteiger partial charge in [0.15, 0.2) is 0 Å². The van der Waals surface area contributed by atoms with Crippen LogP contribution in [0.25, 0.3) is 10.9 Å². The number of benzene rings is 1. The van der Waals surface area contributed by atoms with E-state index < -0.39 is 54.2 Å². The van der Waals surface area contributed by atoms with Crippen molar-refractivity contribution in [2.24, 2.45) is 23.7 Å². The summed E-state index contributed by atoms with van der Waals surface area (Å²) in [5.74, 6) is -4.43. The Morgan fingerprint density at radius 1 is 0.802 bits per heavy atom. The van der Waals surface area contributed by atoms with Crippen LogP contribution in [0, 0.1) is 23.7 Å². The molecule has 0 aliphatic carbocycles. The molecule has 0 spiro atoms. The van der Waals surface area contributed by atoms with Crippen LogP contribution in [-0.2, 0) is 63.9 Å². The molecule has 5 N–H and O–H groups in total. The monoisotopic (exact) mass is 1130 g/mol. The van der Waals surface area contributed by atoms with E-state index >= 15 is 0 Å². The van der Waals surface area contributed by atoms with E-state index in [1.807, 2.05) is 76.9 Å². The van der Waals surface area contributed by atoms with Crippen LogP contribution < -0.4 is 21.5 Å². The molecule has 3 aliphatic rings. The van der Waals surface area contributed by atoms with Crippen LogP contribution in [0.4, 0.5) is 0 Å². The van der Waals surface area contributed by atoms with Crippen molar-refractivity contribution in [1.82, 2.24) is 51.1 Å². The summed E-state index contributed by atoms with van der Waals surface area (Å²) in [4.78, 5) is 136. The number of para-hydroxylation sites is 1. The van der Waals surface area contributed by atoms with Crippen LogP contribution in [0.1, 0.15) is 131 Å². The lowest BCUT2D eigenvalue weighted by molar-refractivity contribution is -0.199. The van der Waals surface area contributed by atoms with Gasteiger partial charge in [-0.15, -0.1) is 0 Å². The van der Waals surface area contributed by atoms with E-state index in [1.54, 1.807) is 30.8 Å². The SMILES string of the molecule is CCC(C)C(C(CC(=O)N1CCCC1C(OC)C(C)C(=O)NC(Cc1c[nH]c2ccccc12)C(=O)N1CCCCO1)OC)N(C)C(=O)C(NC(=O)C(C(C)C)N(C)CCCC(=O)NNC(=O)CCCCCN1C(=O)C=CC1=O)C(C)C. The molecule has 22 heteroatoms. The van der Waals surface area contributed by atoms with Crippen LogP contribution in [0.15, 0.2) is 42.6 Å². The zero-order valence-corrected chi connectivity index (χ0v) is 49.8. The first-order valence-electron chi connectivity index (χ1n) is 29.2. The molecule has 0 radical (unpaired) electrons. The van der Waals surface area contributed by atoms with Gasteiger partial charge >= 0.3 is 0 Å². The molecule has 9 amide bonds. The van der Waals surface area contributed by atoms with Gasteiger partial charge in [0.25, 0.3) is 17.7 Å². The molecule has 9 atom stereocenters. The fourth-order valence-electron chi connectivity index (χ4n) is 11.5. The minimum absolute atomic E-state index is 0.0654. The Balaban J connectivity index is 1.17. The van der Waals surface area contributed by atoms with E-state index in [-0.39, 0.29) is 97.2 Å².